The Labute approximate surface area is 148 Å². The lowest BCUT2D eigenvalue weighted by Gasteiger charge is -2.26. The van der Waals surface area contributed by atoms with Gasteiger partial charge in [0.05, 0.1) is 14.1 Å². The number of amides is 3. The fourth-order valence-electron chi connectivity index (χ4n) is 2.54. The topological polar surface area (TPSA) is 65.1 Å². The summed E-state index contributed by atoms with van der Waals surface area (Å²) in [4.78, 5) is 34.5. The second kappa shape index (κ2) is 6.49. The maximum absolute atomic E-state index is 12.6. The number of hydrogen-bond acceptors (Lipinski definition) is 5. The van der Waals surface area contributed by atoms with Crippen molar-refractivity contribution in [3.05, 3.63) is 34.9 Å². The lowest BCUT2D eigenvalue weighted by Crippen LogP contribution is -2.54. The Morgan fingerprint density at radius 1 is 1.25 bits per heavy atom. The Balaban J connectivity index is 1.90. The minimum Gasteiger partial charge on any atom is -0.255 e. The van der Waals surface area contributed by atoms with E-state index in [9.17, 15) is 9.59 Å². The third kappa shape index (κ3) is 3.01. The summed E-state index contributed by atoms with van der Waals surface area (Å²) in [5.41, 5.74) is 1.08. The summed E-state index contributed by atoms with van der Waals surface area (Å²) in [6.45, 7) is 1.76. The van der Waals surface area contributed by atoms with E-state index in [-0.39, 0.29) is 11.9 Å². The lowest BCUT2D eigenvalue weighted by molar-refractivity contribution is -0.407. The van der Waals surface area contributed by atoms with Gasteiger partial charge in [-0.05, 0) is 17.7 Å². The Morgan fingerprint density at radius 3 is 2.58 bits per heavy atom. The van der Waals surface area contributed by atoms with Crippen LogP contribution in [0.5, 0.6) is 0 Å². The van der Waals surface area contributed by atoms with Gasteiger partial charge in [-0.1, -0.05) is 28.7 Å². The van der Waals surface area contributed by atoms with Crippen LogP contribution in [0.2, 0.25) is 5.02 Å². The van der Waals surface area contributed by atoms with Gasteiger partial charge >= 0.3 is 11.9 Å². The molecular formula is C16H16ClN4O2S+. The highest BCUT2D eigenvalue weighted by atomic mass is 35.5. The van der Waals surface area contributed by atoms with Gasteiger partial charge in [0.2, 0.25) is 5.84 Å². The number of urea groups is 1. The zero-order valence-corrected chi connectivity index (χ0v) is 15.1. The zero-order chi connectivity index (χ0) is 17.4. The van der Waals surface area contributed by atoms with E-state index in [1.54, 1.807) is 14.0 Å². The summed E-state index contributed by atoms with van der Waals surface area (Å²) in [6.07, 6.45) is 0. The molecule has 2 heterocycles. The molecular weight excluding hydrogens is 348 g/mol. The van der Waals surface area contributed by atoms with Crippen LogP contribution < -0.4 is 0 Å². The van der Waals surface area contributed by atoms with Crippen molar-refractivity contribution in [1.29, 1.82) is 0 Å². The van der Waals surface area contributed by atoms with E-state index in [0.29, 0.717) is 27.5 Å². The van der Waals surface area contributed by atoms with E-state index in [1.807, 2.05) is 24.3 Å². The van der Waals surface area contributed by atoms with Crippen LogP contribution in [0.4, 0.5) is 4.79 Å². The summed E-state index contributed by atoms with van der Waals surface area (Å²) in [7, 11) is 3.10. The number of rotatable bonds is 2. The number of carbonyl (C=O) groups excluding carboxylic acids is 2. The van der Waals surface area contributed by atoms with Crippen molar-refractivity contribution in [2.45, 2.75) is 12.7 Å². The number of fused-ring (bicyclic) bond motifs is 1. The molecule has 0 bridgehead atoms. The molecule has 0 aliphatic carbocycles. The molecule has 2 aliphatic rings. The van der Waals surface area contributed by atoms with Crippen LogP contribution in [0.1, 0.15) is 12.5 Å². The fraction of sp³-hybridized carbons (Fsp3) is 0.312. The van der Waals surface area contributed by atoms with Crippen molar-refractivity contribution < 1.29 is 14.2 Å². The molecule has 0 aromatic heterocycles. The standard InChI is InChI=1S/C16H16ClN4O2S/c1-9-18-13-12(15(22)21(3)16(23)20(13)2)14(19-9)24-8-10-4-6-11(17)7-5-10/h4-7,12H,8H2,1-3H3/q+1. The van der Waals surface area contributed by atoms with Gasteiger partial charge in [0.25, 0.3) is 5.84 Å². The SMILES string of the molecule is CC1=NC2=[N+](C)C(=O)N(C)C(=O)C2C(SCc2ccc(Cl)cc2)=N1. The van der Waals surface area contributed by atoms with Crippen LogP contribution in [0.25, 0.3) is 0 Å². The number of carbonyl (C=O) groups is 2. The largest absolute Gasteiger partial charge is 0.445 e. The van der Waals surface area contributed by atoms with Gasteiger partial charge in [0.1, 0.15) is 5.04 Å². The second-order valence-corrected chi connectivity index (χ2v) is 6.99. The van der Waals surface area contributed by atoms with Crippen molar-refractivity contribution in [3.63, 3.8) is 0 Å². The van der Waals surface area contributed by atoms with Crippen molar-refractivity contribution in [1.82, 2.24) is 4.90 Å². The van der Waals surface area contributed by atoms with Gasteiger partial charge in [0.15, 0.2) is 5.92 Å². The summed E-state index contributed by atoms with van der Waals surface area (Å²) in [6, 6.07) is 7.16. The van der Waals surface area contributed by atoms with Gasteiger partial charge in [-0.3, -0.25) is 4.79 Å². The molecule has 0 fully saturated rings. The summed E-state index contributed by atoms with van der Waals surface area (Å²) >= 11 is 7.37. The Kier molecular flexibility index (Phi) is 4.56. The molecule has 8 heteroatoms. The normalized spacial score (nSPS) is 20.8. The Hall–Kier alpha value is -1.99. The second-order valence-electron chi connectivity index (χ2n) is 5.55. The van der Waals surface area contributed by atoms with Gasteiger partial charge in [-0.15, -0.1) is 11.8 Å². The maximum Gasteiger partial charge on any atom is 0.445 e. The number of nitrogens with zero attached hydrogens (tertiary/aromatic N) is 4. The number of imide groups is 1. The molecule has 1 aromatic rings. The van der Waals surface area contributed by atoms with Crippen molar-refractivity contribution in [2.75, 3.05) is 14.1 Å². The first-order valence-corrected chi connectivity index (χ1v) is 8.68. The highest BCUT2D eigenvalue weighted by Gasteiger charge is 2.48. The third-order valence-electron chi connectivity index (χ3n) is 3.85. The van der Waals surface area contributed by atoms with Crippen molar-refractivity contribution in [3.8, 4) is 0 Å². The minimum absolute atomic E-state index is 0.299. The molecule has 3 rings (SSSR count). The number of halogens is 1. The van der Waals surface area contributed by atoms with E-state index in [2.05, 4.69) is 9.98 Å². The average molecular weight is 364 g/mol. The number of aliphatic imine (C=N–C) groups is 2. The smallest absolute Gasteiger partial charge is 0.255 e. The van der Waals surface area contributed by atoms with Crippen LogP contribution in [0, 0.1) is 5.92 Å². The molecule has 24 heavy (non-hydrogen) atoms. The van der Waals surface area contributed by atoms with E-state index in [4.69, 9.17) is 11.6 Å². The monoisotopic (exact) mass is 363 g/mol. The van der Waals surface area contributed by atoms with Crippen LogP contribution in [0.3, 0.4) is 0 Å². The highest BCUT2D eigenvalue weighted by molar-refractivity contribution is 8.13. The van der Waals surface area contributed by atoms with Gasteiger partial charge < -0.3 is 0 Å². The van der Waals surface area contributed by atoms with Crippen molar-refractivity contribution in [2.24, 2.45) is 15.9 Å². The molecule has 0 saturated carbocycles. The third-order valence-corrected chi connectivity index (χ3v) is 5.20. The molecule has 0 spiro atoms. The summed E-state index contributed by atoms with van der Waals surface area (Å²) < 4.78 is 1.41. The zero-order valence-electron chi connectivity index (χ0n) is 13.5. The van der Waals surface area contributed by atoms with Gasteiger partial charge in [-0.25, -0.2) is 9.79 Å². The number of amidine groups is 2. The number of benzene rings is 1. The van der Waals surface area contributed by atoms with E-state index < -0.39 is 5.92 Å². The fourth-order valence-corrected chi connectivity index (χ4v) is 3.74. The predicted molar refractivity (Wildman–Crippen MR) is 96.1 cm³/mol. The first kappa shape index (κ1) is 16.9. The van der Waals surface area contributed by atoms with E-state index in [1.165, 1.54) is 23.4 Å². The van der Waals surface area contributed by atoms with Crippen LogP contribution in [-0.2, 0) is 10.5 Å². The lowest BCUT2D eigenvalue weighted by atomic mass is 10.1. The minimum atomic E-state index is -0.626. The molecule has 0 N–H and O–H groups in total. The first-order chi connectivity index (χ1) is 11.4. The molecule has 6 nitrogen and oxygen atoms in total. The number of hydrogen-bond donors (Lipinski definition) is 0. The quantitative estimate of drug-likeness (QED) is 0.759. The highest BCUT2D eigenvalue weighted by Crippen LogP contribution is 2.27. The summed E-state index contributed by atoms with van der Waals surface area (Å²) in [5.74, 6) is 0.707. The van der Waals surface area contributed by atoms with E-state index >= 15 is 0 Å². The predicted octanol–water partition coefficient (Wildman–Crippen LogP) is 2.65. The molecule has 2 aliphatic heterocycles. The van der Waals surface area contributed by atoms with Gasteiger partial charge in [0, 0.05) is 17.7 Å². The molecule has 124 valence electrons. The molecule has 0 radical (unpaired) electrons. The maximum atomic E-state index is 12.6. The molecule has 3 amide bonds. The Bertz CT molecular complexity index is 814. The van der Waals surface area contributed by atoms with Crippen LogP contribution >= 0.6 is 23.4 Å². The van der Waals surface area contributed by atoms with Crippen LogP contribution in [0.15, 0.2) is 34.3 Å². The van der Waals surface area contributed by atoms with Gasteiger partial charge in [-0.2, -0.15) is 9.48 Å². The Morgan fingerprint density at radius 2 is 1.92 bits per heavy atom. The number of thioether (sulfide) groups is 1. The molecule has 1 aromatic carbocycles. The van der Waals surface area contributed by atoms with Crippen LogP contribution in [-0.4, -0.2) is 52.2 Å². The summed E-state index contributed by atoms with van der Waals surface area (Å²) in [5, 5.41) is 1.34. The first-order valence-electron chi connectivity index (χ1n) is 7.31. The molecule has 0 saturated heterocycles. The van der Waals surface area contributed by atoms with Crippen molar-refractivity contribution >= 4 is 52.0 Å². The van der Waals surface area contributed by atoms with E-state index in [0.717, 1.165) is 10.5 Å². The molecule has 1 unspecified atom stereocenters. The molecule has 1 atom stereocenters. The average Bonchev–Trinajstić information content (AvgIpc) is 2.57.